The van der Waals surface area contributed by atoms with Crippen molar-refractivity contribution >= 4 is 27.5 Å². The van der Waals surface area contributed by atoms with Crippen molar-refractivity contribution in [2.75, 3.05) is 5.33 Å². The first-order chi connectivity index (χ1) is 4.00. The summed E-state index contributed by atoms with van der Waals surface area (Å²) in [6, 6.07) is 0. The van der Waals surface area contributed by atoms with Crippen LogP contribution in [0.15, 0.2) is 0 Å². The molecular weight excluding hydrogens is 184 g/mol. The van der Waals surface area contributed by atoms with E-state index in [1.807, 2.05) is 0 Å². The van der Waals surface area contributed by atoms with Gasteiger partial charge in [-0.15, -0.1) is 0 Å². The molecule has 0 aliphatic carbocycles. The van der Waals surface area contributed by atoms with Crippen molar-refractivity contribution < 1.29 is 9.59 Å². The molecular formula is C6H11BrO2. The van der Waals surface area contributed by atoms with Crippen molar-refractivity contribution in [2.24, 2.45) is 0 Å². The van der Waals surface area contributed by atoms with Crippen molar-refractivity contribution in [3.63, 3.8) is 0 Å². The van der Waals surface area contributed by atoms with E-state index in [1.165, 1.54) is 20.8 Å². The fraction of sp³-hybridized carbons (Fsp3) is 0.667. The van der Waals surface area contributed by atoms with Gasteiger partial charge in [-0.3, -0.25) is 4.79 Å². The summed E-state index contributed by atoms with van der Waals surface area (Å²) in [5.74, 6) is 0.338. The molecule has 54 valence electrons. The molecule has 0 bridgehead atoms. The number of Topliss-reactive ketones (excluding diaryl/α,β-unsaturated/α-hetero) is 2. The standard InChI is InChI=1S/C3H5BrO.C3H6O/c1-3(5)2-4;1-3(2)4/h2H2,1H3;1-2H3. The van der Waals surface area contributed by atoms with E-state index in [-0.39, 0.29) is 11.6 Å². The van der Waals surface area contributed by atoms with Crippen molar-refractivity contribution in [1.82, 2.24) is 0 Å². The van der Waals surface area contributed by atoms with Gasteiger partial charge in [0.15, 0.2) is 0 Å². The summed E-state index contributed by atoms with van der Waals surface area (Å²) in [6.45, 7) is 4.59. The molecule has 0 aromatic carbocycles. The van der Waals surface area contributed by atoms with Gasteiger partial charge >= 0.3 is 0 Å². The van der Waals surface area contributed by atoms with Crippen molar-refractivity contribution in [3.05, 3.63) is 0 Å². The minimum atomic E-state index is 0.167. The molecule has 0 saturated carbocycles. The first-order valence-electron chi connectivity index (χ1n) is 2.53. The monoisotopic (exact) mass is 194 g/mol. The maximum atomic E-state index is 9.77. The third-order valence-electron chi connectivity index (χ3n) is 0.188. The van der Waals surface area contributed by atoms with Crippen LogP contribution in [0.3, 0.4) is 0 Å². The Labute approximate surface area is 63.8 Å². The summed E-state index contributed by atoms with van der Waals surface area (Å²) in [5, 5.41) is 0.479. The smallest absolute Gasteiger partial charge is 0.140 e. The van der Waals surface area contributed by atoms with Gasteiger partial charge < -0.3 is 4.79 Å². The number of rotatable bonds is 1. The molecule has 2 nitrogen and oxygen atoms in total. The lowest BCUT2D eigenvalue weighted by atomic mass is 10.5. The Balaban J connectivity index is 0. The highest BCUT2D eigenvalue weighted by Gasteiger charge is 1.78. The van der Waals surface area contributed by atoms with Gasteiger partial charge in [-0.25, -0.2) is 0 Å². The van der Waals surface area contributed by atoms with E-state index in [9.17, 15) is 9.59 Å². The SMILES string of the molecule is CC(=O)CBr.CC(C)=O. The summed E-state index contributed by atoms with van der Waals surface area (Å²) < 4.78 is 0. The molecule has 9 heavy (non-hydrogen) atoms. The number of alkyl halides is 1. The van der Waals surface area contributed by atoms with Crippen LogP contribution in [0.5, 0.6) is 0 Å². The number of carbonyl (C=O) groups excluding carboxylic acids is 2. The van der Waals surface area contributed by atoms with Crippen LogP contribution < -0.4 is 0 Å². The fourth-order valence-corrected chi connectivity index (χ4v) is 0. The number of ketones is 2. The zero-order valence-electron chi connectivity index (χ0n) is 5.90. The van der Waals surface area contributed by atoms with E-state index >= 15 is 0 Å². The van der Waals surface area contributed by atoms with Gasteiger partial charge in [-0.2, -0.15) is 0 Å². The Morgan fingerprint density at radius 2 is 1.33 bits per heavy atom. The predicted octanol–water partition coefficient (Wildman–Crippen LogP) is 1.57. The Kier molecular flexibility index (Phi) is 10.1. The predicted molar refractivity (Wildman–Crippen MR) is 40.8 cm³/mol. The number of carbonyl (C=O) groups is 2. The van der Waals surface area contributed by atoms with Gasteiger partial charge in [0.05, 0.1) is 5.33 Å². The third-order valence-corrected chi connectivity index (χ3v) is 0.978. The minimum absolute atomic E-state index is 0.167. The molecule has 0 aliphatic heterocycles. The lowest BCUT2D eigenvalue weighted by molar-refractivity contribution is -0.115. The van der Waals surface area contributed by atoms with Gasteiger partial charge in [0, 0.05) is 0 Å². The Hall–Kier alpha value is -0.180. The molecule has 0 aromatic heterocycles. The summed E-state index contributed by atoms with van der Waals surface area (Å²) in [4.78, 5) is 19.2. The van der Waals surface area contributed by atoms with E-state index in [4.69, 9.17) is 0 Å². The molecule has 0 unspecified atom stereocenters. The quantitative estimate of drug-likeness (QED) is 0.595. The second-order valence-corrected chi connectivity index (χ2v) is 2.30. The first-order valence-corrected chi connectivity index (χ1v) is 3.65. The summed E-state index contributed by atoms with van der Waals surface area (Å²) >= 11 is 2.96. The highest BCUT2D eigenvalue weighted by Crippen LogP contribution is 1.76. The maximum absolute atomic E-state index is 9.77. The lowest BCUT2D eigenvalue weighted by Crippen LogP contribution is -1.85. The van der Waals surface area contributed by atoms with E-state index in [0.717, 1.165) is 0 Å². The highest BCUT2D eigenvalue weighted by atomic mass is 79.9. The lowest BCUT2D eigenvalue weighted by Gasteiger charge is -1.69. The Morgan fingerprint density at radius 1 is 1.22 bits per heavy atom. The van der Waals surface area contributed by atoms with Crippen LogP contribution in [0, 0.1) is 0 Å². The summed E-state index contributed by atoms with van der Waals surface area (Å²) in [6.07, 6.45) is 0. The van der Waals surface area contributed by atoms with Crippen LogP contribution in [-0.4, -0.2) is 16.9 Å². The second kappa shape index (κ2) is 7.82. The molecule has 0 rings (SSSR count). The van der Waals surface area contributed by atoms with Gasteiger partial charge in [0.25, 0.3) is 0 Å². The average molecular weight is 195 g/mol. The van der Waals surface area contributed by atoms with Crippen molar-refractivity contribution in [1.29, 1.82) is 0 Å². The molecule has 3 heteroatoms. The number of hydrogen-bond acceptors (Lipinski definition) is 2. The summed E-state index contributed by atoms with van der Waals surface area (Å²) in [7, 11) is 0. The first kappa shape index (κ1) is 11.6. The van der Waals surface area contributed by atoms with Crippen molar-refractivity contribution in [3.8, 4) is 0 Å². The minimum Gasteiger partial charge on any atom is -0.300 e. The average Bonchev–Trinajstić information content (AvgIpc) is 1.65. The second-order valence-electron chi connectivity index (χ2n) is 1.74. The van der Waals surface area contributed by atoms with Crippen LogP contribution in [0.1, 0.15) is 20.8 Å². The molecule has 0 radical (unpaired) electrons. The van der Waals surface area contributed by atoms with Crippen molar-refractivity contribution in [2.45, 2.75) is 20.8 Å². The number of hydrogen-bond donors (Lipinski definition) is 0. The molecule has 0 aliphatic rings. The normalized spacial score (nSPS) is 7.11. The molecule has 0 heterocycles. The molecule has 0 N–H and O–H groups in total. The fourth-order valence-electron chi connectivity index (χ4n) is 0. The van der Waals surface area contributed by atoms with E-state index in [1.54, 1.807) is 0 Å². The van der Waals surface area contributed by atoms with Crippen LogP contribution in [-0.2, 0) is 9.59 Å². The van der Waals surface area contributed by atoms with Crippen LogP contribution in [0.4, 0.5) is 0 Å². The molecule has 0 amide bonds. The van der Waals surface area contributed by atoms with E-state index in [2.05, 4.69) is 15.9 Å². The topological polar surface area (TPSA) is 34.1 Å². The summed E-state index contributed by atoms with van der Waals surface area (Å²) in [5.41, 5.74) is 0. The van der Waals surface area contributed by atoms with E-state index < -0.39 is 0 Å². The molecule has 0 saturated heterocycles. The van der Waals surface area contributed by atoms with Gasteiger partial charge in [0.1, 0.15) is 11.6 Å². The van der Waals surface area contributed by atoms with Gasteiger partial charge in [-0.1, -0.05) is 15.9 Å². The zero-order chi connectivity index (χ0) is 7.86. The molecule has 0 spiro atoms. The highest BCUT2D eigenvalue weighted by molar-refractivity contribution is 9.09. The van der Waals surface area contributed by atoms with Gasteiger partial charge in [-0.05, 0) is 20.8 Å². The van der Waals surface area contributed by atoms with E-state index in [0.29, 0.717) is 5.33 Å². The zero-order valence-corrected chi connectivity index (χ0v) is 7.49. The van der Waals surface area contributed by atoms with Crippen LogP contribution in [0.2, 0.25) is 0 Å². The van der Waals surface area contributed by atoms with Crippen LogP contribution >= 0.6 is 15.9 Å². The third kappa shape index (κ3) is 80.0. The van der Waals surface area contributed by atoms with Crippen LogP contribution in [0.25, 0.3) is 0 Å². The molecule has 0 aromatic rings. The molecule has 0 fully saturated rings. The largest absolute Gasteiger partial charge is 0.300 e. The number of halogens is 1. The molecule has 0 atom stereocenters. The Bertz CT molecular complexity index is 95.2. The Morgan fingerprint density at radius 3 is 1.33 bits per heavy atom. The van der Waals surface area contributed by atoms with Gasteiger partial charge in [0.2, 0.25) is 0 Å². The maximum Gasteiger partial charge on any atom is 0.140 e.